The van der Waals surface area contributed by atoms with Crippen molar-refractivity contribution in [1.82, 2.24) is 14.9 Å². The Morgan fingerprint density at radius 3 is 2.79 bits per heavy atom. The van der Waals surface area contributed by atoms with E-state index in [2.05, 4.69) is 14.9 Å². The molecule has 2 rings (SSSR count). The molecule has 0 atom stereocenters. The number of aromatic nitrogens is 2. The van der Waals surface area contributed by atoms with E-state index in [1.165, 1.54) is 25.9 Å². The Morgan fingerprint density at radius 2 is 2.14 bits per heavy atom. The van der Waals surface area contributed by atoms with E-state index in [4.69, 9.17) is 5.73 Å². The van der Waals surface area contributed by atoms with Gasteiger partial charge in [0.15, 0.2) is 0 Å². The first-order valence-electron chi connectivity index (χ1n) is 5.06. The van der Waals surface area contributed by atoms with E-state index in [9.17, 15) is 0 Å². The summed E-state index contributed by atoms with van der Waals surface area (Å²) in [5.41, 5.74) is 7.22. The number of aryl methyl sites for hydroxylation is 1. The number of nitrogen functional groups attached to an aromatic ring is 1. The third kappa shape index (κ3) is 2.01. The molecule has 0 spiro atoms. The molecule has 2 heterocycles. The first kappa shape index (κ1) is 9.40. The minimum absolute atomic E-state index is 0.676. The van der Waals surface area contributed by atoms with E-state index in [-0.39, 0.29) is 0 Å². The summed E-state index contributed by atoms with van der Waals surface area (Å²) in [6.45, 7) is 5.13. The standard InChI is InChI=1S/C10H16N4/c1-8-9(11)6-12-10(13-8)7-14-4-2-3-5-14/h6H,2-5,7,11H2,1H3. The van der Waals surface area contributed by atoms with Crippen LogP contribution in [-0.4, -0.2) is 28.0 Å². The van der Waals surface area contributed by atoms with Crippen molar-refractivity contribution in [3.05, 3.63) is 17.7 Å². The van der Waals surface area contributed by atoms with Crippen LogP contribution in [0, 0.1) is 6.92 Å². The molecule has 0 saturated carbocycles. The van der Waals surface area contributed by atoms with Crippen LogP contribution in [-0.2, 0) is 6.54 Å². The Hall–Kier alpha value is -1.16. The van der Waals surface area contributed by atoms with Gasteiger partial charge in [0.2, 0.25) is 0 Å². The zero-order chi connectivity index (χ0) is 9.97. The van der Waals surface area contributed by atoms with Crippen LogP contribution in [0.2, 0.25) is 0 Å². The lowest BCUT2D eigenvalue weighted by Gasteiger charge is -2.13. The smallest absolute Gasteiger partial charge is 0.142 e. The first-order chi connectivity index (χ1) is 6.75. The van der Waals surface area contributed by atoms with E-state index >= 15 is 0 Å². The zero-order valence-electron chi connectivity index (χ0n) is 8.53. The highest BCUT2D eigenvalue weighted by atomic mass is 15.2. The van der Waals surface area contributed by atoms with Gasteiger partial charge in [0.05, 0.1) is 24.1 Å². The molecule has 1 saturated heterocycles. The minimum Gasteiger partial charge on any atom is -0.396 e. The zero-order valence-corrected chi connectivity index (χ0v) is 8.53. The fourth-order valence-electron chi connectivity index (χ4n) is 1.74. The van der Waals surface area contributed by atoms with Gasteiger partial charge in [-0.25, -0.2) is 9.97 Å². The number of rotatable bonds is 2. The fourth-order valence-corrected chi connectivity index (χ4v) is 1.74. The SMILES string of the molecule is Cc1nc(CN2CCCC2)ncc1N. The van der Waals surface area contributed by atoms with Crippen LogP contribution in [0.25, 0.3) is 0 Å². The molecule has 0 aliphatic carbocycles. The molecular formula is C10H16N4. The van der Waals surface area contributed by atoms with Crippen molar-refractivity contribution in [2.45, 2.75) is 26.3 Å². The summed E-state index contributed by atoms with van der Waals surface area (Å²) in [4.78, 5) is 11.0. The number of anilines is 1. The molecule has 1 aliphatic heterocycles. The third-order valence-electron chi connectivity index (χ3n) is 2.63. The van der Waals surface area contributed by atoms with Crippen molar-refractivity contribution in [3.8, 4) is 0 Å². The van der Waals surface area contributed by atoms with Gasteiger partial charge in [-0.3, -0.25) is 4.90 Å². The monoisotopic (exact) mass is 192 g/mol. The molecule has 1 aromatic rings. The summed E-state index contributed by atoms with van der Waals surface area (Å²) in [7, 11) is 0. The molecule has 14 heavy (non-hydrogen) atoms. The van der Waals surface area contributed by atoms with Crippen molar-refractivity contribution in [1.29, 1.82) is 0 Å². The molecule has 4 heteroatoms. The first-order valence-corrected chi connectivity index (χ1v) is 5.06. The van der Waals surface area contributed by atoms with Crippen molar-refractivity contribution < 1.29 is 0 Å². The van der Waals surface area contributed by atoms with Gasteiger partial charge in [-0.1, -0.05) is 0 Å². The molecular weight excluding hydrogens is 176 g/mol. The van der Waals surface area contributed by atoms with Crippen molar-refractivity contribution in [2.75, 3.05) is 18.8 Å². The lowest BCUT2D eigenvalue weighted by molar-refractivity contribution is 0.322. The van der Waals surface area contributed by atoms with E-state index < -0.39 is 0 Å². The molecule has 76 valence electrons. The summed E-state index contributed by atoms with van der Waals surface area (Å²) in [5.74, 6) is 0.888. The van der Waals surface area contributed by atoms with Crippen LogP contribution in [0.15, 0.2) is 6.20 Å². The van der Waals surface area contributed by atoms with Gasteiger partial charge in [0.1, 0.15) is 5.82 Å². The van der Waals surface area contributed by atoms with E-state index in [1.807, 2.05) is 6.92 Å². The molecule has 4 nitrogen and oxygen atoms in total. The highest BCUT2D eigenvalue weighted by Gasteiger charge is 2.13. The maximum absolute atomic E-state index is 5.66. The Bertz CT molecular complexity index is 318. The summed E-state index contributed by atoms with van der Waals surface area (Å²) in [5, 5.41) is 0. The Morgan fingerprint density at radius 1 is 1.43 bits per heavy atom. The van der Waals surface area contributed by atoms with Crippen LogP contribution in [0.4, 0.5) is 5.69 Å². The second-order valence-corrected chi connectivity index (χ2v) is 3.81. The predicted molar refractivity (Wildman–Crippen MR) is 55.7 cm³/mol. The average Bonchev–Trinajstić information content (AvgIpc) is 2.64. The largest absolute Gasteiger partial charge is 0.396 e. The van der Waals surface area contributed by atoms with Gasteiger partial charge >= 0.3 is 0 Å². The minimum atomic E-state index is 0.676. The quantitative estimate of drug-likeness (QED) is 0.758. The number of hydrogen-bond acceptors (Lipinski definition) is 4. The van der Waals surface area contributed by atoms with Crippen molar-refractivity contribution >= 4 is 5.69 Å². The molecule has 0 amide bonds. The summed E-state index contributed by atoms with van der Waals surface area (Å²) >= 11 is 0. The number of nitrogens with zero attached hydrogens (tertiary/aromatic N) is 3. The van der Waals surface area contributed by atoms with Gasteiger partial charge in [0, 0.05) is 0 Å². The highest BCUT2D eigenvalue weighted by Crippen LogP contribution is 2.11. The topological polar surface area (TPSA) is 55.0 Å². The van der Waals surface area contributed by atoms with Crippen molar-refractivity contribution in [2.24, 2.45) is 0 Å². The fraction of sp³-hybridized carbons (Fsp3) is 0.600. The molecule has 0 unspecified atom stereocenters. The molecule has 0 radical (unpaired) electrons. The molecule has 1 fully saturated rings. The Labute approximate surface area is 84.2 Å². The van der Waals surface area contributed by atoms with Crippen LogP contribution in [0.5, 0.6) is 0 Å². The molecule has 1 aliphatic rings. The average molecular weight is 192 g/mol. The van der Waals surface area contributed by atoms with Gasteiger partial charge in [-0.2, -0.15) is 0 Å². The van der Waals surface area contributed by atoms with Crippen LogP contribution < -0.4 is 5.73 Å². The summed E-state index contributed by atoms with van der Waals surface area (Å²) in [6, 6.07) is 0. The number of hydrogen-bond donors (Lipinski definition) is 1. The van der Waals surface area contributed by atoms with Gasteiger partial charge in [-0.05, 0) is 32.9 Å². The molecule has 0 bridgehead atoms. The number of likely N-dealkylation sites (tertiary alicyclic amines) is 1. The van der Waals surface area contributed by atoms with E-state index in [0.717, 1.165) is 18.1 Å². The molecule has 2 N–H and O–H groups in total. The van der Waals surface area contributed by atoms with E-state index in [1.54, 1.807) is 6.20 Å². The predicted octanol–water partition coefficient (Wildman–Crippen LogP) is 0.963. The van der Waals surface area contributed by atoms with Gasteiger partial charge in [-0.15, -0.1) is 0 Å². The molecule has 0 aromatic carbocycles. The third-order valence-corrected chi connectivity index (χ3v) is 2.63. The Balaban J connectivity index is 2.05. The number of nitrogens with two attached hydrogens (primary N) is 1. The second kappa shape index (κ2) is 3.92. The van der Waals surface area contributed by atoms with Crippen LogP contribution in [0.3, 0.4) is 0 Å². The van der Waals surface area contributed by atoms with Crippen LogP contribution >= 0.6 is 0 Å². The van der Waals surface area contributed by atoms with E-state index in [0.29, 0.717) is 5.69 Å². The highest BCUT2D eigenvalue weighted by molar-refractivity contribution is 5.38. The molecule has 1 aromatic heterocycles. The normalized spacial score (nSPS) is 17.5. The summed E-state index contributed by atoms with van der Waals surface area (Å²) in [6.07, 6.45) is 4.30. The van der Waals surface area contributed by atoms with Gasteiger partial charge < -0.3 is 5.73 Å². The lowest BCUT2D eigenvalue weighted by atomic mass is 10.3. The van der Waals surface area contributed by atoms with Crippen molar-refractivity contribution in [3.63, 3.8) is 0 Å². The van der Waals surface area contributed by atoms with Gasteiger partial charge in [0.25, 0.3) is 0 Å². The lowest BCUT2D eigenvalue weighted by Crippen LogP contribution is -2.20. The van der Waals surface area contributed by atoms with Crippen LogP contribution in [0.1, 0.15) is 24.4 Å². The second-order valence-electron chi connectivity index (χ2n) is 3.81. The maximum Gasteiger partial charge on any atom is 0.142 e. The maximum atomic E-state index is 5.66. The Kier molecular flexibility index (Phi) is 2.63. The summed E-state index contributed by atoms with van der Waals surface area (Å²) < 4.78 is 0.